The van der Waals surface area contributed by atoms with Gasteiger partial charge in [-0.15, -0.1) is 11.3 Å². The van der Waals surface area contributed by atoms with Gasteiger partial charge in [-0.25, -0.2) is 0 Å². The van der Waals surface area contributed by atoms with E-state index in [2.05, 4.69) is 38.1 Å². The monoisotopic (exact) mass is 306 g/mol. The first-order chi connectivity index (χ1) is 10.5. The summed E-state index contributed by atoms with van der Waals surface area (Å²) in [6, 6.07) is 12.4. The minimum atomic E-state index is 0.524. The molecule has 1 heterocycles. The smallest absolute Gasteiger partial charge is 0.187 e. The van der Waals surface area contributed by atoms with E-state index in [9.17, 15) is 0 Å². The minimum absolute atomic E-state index is 0.524. The van der Waals surface area contributed by atoms with Crippen molar-refractivity contribution in [2.45, 2.75) is 20.8 Å². The van der Waals surface area contributed by atoms with Crippen LogP contribution in [0.5, 0.6) is 0 Å². The SMILES string of the molecule is [CH]c1ccc(-c2csc(=N)n2-c2ccc(C)cc2C)cc1C. The van der Waals surface area contributed by atoms with Crippen LogP contribution in [0, 0.1) is 33.1 Å². The van der Waals surface area contributed by atoms with Crippen molar-refractivity contribution >= 4 is 11.3 Å². The molecule has 110 valence electrons. The lowest BCUT2D eigenvalue weighted by molar-refractivity contribution is 0.974. The molecule has 0 unspecified atom stereocenters. The van der Waals surface area contributed by atoms with E-state index in [1.54, 1.807) is 0 Å². The third-order valence-electron chi connectivity index (χ3n) is 3.88. The maximum Gasteiger partial charge on any atom is 0.187 e. The van der Waals surface area contributed by atoms with Crippen LogP contribution in [-0.2, 0) is 0 Å². The Kier molecular flexibility index (Phi) is 3.75. The van der Waals surface area contributed by atoms with Gasteiger partial charge in [0.05, 0.1) is 11.4 Å². The predicted molar refractivity (Wildman–Crippen MR) is 92.5 cm³/mol. The topological polar surface area (TPSA) is 28.8 Å². The molecule has 0 fully saturated rings. The molecule has 22 heavy (non-hydrogen) atoms. The highest BCUT2D eigenvalue weighted by Crippen LogP contribution is 2.26. The van der Waals surface area contributed by atoms with Crippen LogP contribution >= 0.6 is 11.3 Å². The first-order valence-corrected chi connectivity index (χ1v) is 8.04. The Morgan fingerprint density at radius 1 is 1.00 bits per heavy atom. The molecule has 0 spiro atoms. The van der Waals surface area contributed by atoms with Crippen LogP contribution in [-0.4, -0.2) is 4.57 Å². The second-order valence-electron chi connectivity index (χ2n) is 5.62. The van der Waals surface area contributed by atoms with E-state index in [1.807, 2.05) is 29.0 Å². The van der Waals surface area contributed by atoms with Gasteiger partial charge in [0, 0.05) is 5.38 Å². The number of nitrogens with zero attached hydrogens (tertiary/aromatic N) is 1. The zero-order valence-electron chi connectivity index (χ0n) is 13.0. The van der Waals surface area contributed by atoms with E-state index in [4.69, 9.17) is 12.3 Å². The van der Waals surface area contributed by atoms with E-state index in [0.29, 0.717) is 4.80 Å². The average Bonchev–Trinajstić information content (AvgIpc) is 2.84. The lowest BCUT2D eigenvalue weighted by Crippen LogP contribution is -2.13. The summed E-state index contributed by atoms with van der Waals surface area (Å²) in [6.07, 6.45) is 0. The summed E-state index contributed by atoms with van der Waals surface area (Å²) in [4.78, 5) is 0.524. The molecule has 2 nitrogen and oxygen atoms in total. The standard InChI is InChI=1S/C19H18N2S/c1-12-5-8-17(15(4)9-12)21-18(11-22-19(21)20)16-7-6-13(2)14(3)10-16/h2,5-11,20H,1,3-4H3. The first kappa shape index (κ1) is 14.8. The molecule has 0 amide bonds. The van der Waals surface area contributed by atoms with E-state index < -0.39 is 0 Å². The fourth-order valence-corrected chi connectivity index (χ4v) is 3.42. The highest BCUT2D eigenvalue weighted by molar-refractivity contribution is 7.07. The highest BCUT2D eigenvalue weighted by Gasteiger charge is 2.11. The van der Waals surface area contributed by atoms with E-state index in [-0.39, 0.29) is 0 Å². The molecule has 0 saturated carbocycles. The maximum atomic E-state index is 8.28. The van der Waals surface area contributed by atoms with Gasteiger partial charge in [0.1, 0.15) is 0 Å². The van der Waals surface area contributed by atoms with Crippen LogP contribution in [0.15, 0.2) is 41.8 Å². The van der Waals surface area contributed by atoms with Crippen molar-refractivity contribution in [3.63, 3.8) is 0 Å². The Hall–Kier alpha value is -2.13. The van der Waals surface area contributed by atoms with E-state index in [0.717, 1.165) is 28.1 Å². The molecule has 2 radical (unpaired) electrons. The molecule has 3 aromatic rings. The number of benzene rings is 2. The van der Waals surface area contributed by atoms with Gasteiger partial charge in [0.2, 0.25) is 0 Å². The average molecular weight is 306 g/mol. The number of hydrogen-bond donors (Lipinski definition) is 1. The Labute approximate surface area is 135 Å². The molecular weight excluding hydrogens is 288 g/mol. The van der Waals surface area contributed by atoms with Crippen molar-refractivity contribution in [2.75, 3.05) is 0 Å². The normalized spacial score (nSPS) is 10.9. The van der Waals surface area contributed by atoms with Crippen molar-refractivity contribution < 1.29 is 0 Å². The van der Waals surface area contributed by atoms with Crippen molar-refractivity contribution in [3.8, 4) is 16.9 Å². The zero-order valence-corrected chi connectivity index (χ0v) is 13.8. The third-order valence-corrected chi connectivity index (χ3v) is 4.63. The first-order valence-electron chi connectivity index (χ1n) is 7.16. The lowest BCUT2D eigenvalue weighted by atomic mass is 10.0. The number of rotatable bonds is 2. The van der Waals surface area contributed by atoms with Crippen molar-refractivity contribution in [2.24, 2.45) is 0 Å². The molecule has 0 atom stereocenters. The second kappa shape index (κ2) is 5.58. The summed E-state index contributed by atoms with van der Waals surface area (Å²) in [5.41, 5.74) is 7.43. The molecule has 1 N–H and O–H groups in total. The fraction of sp³-hybridized carbons (Fsp3) is 0.158. The number of nitrogens with one attached hydrogen (secondary N) is 1. The van der Waals surface area contributed by atoms with Gasteiger partial charge >= 0.3 is 0 Å². The van der Waals surface area contributed by atoms with Crippen LogP contribution in [0.25, 0.3) is 16.9 Å². The molecule has 1 aromatic heterocycles. The van der Waals surface area contributed by atoms with Gasteiger partial charge in [-0.05, 0) is 62.1 Å². The van der Waals surface area contributed by atoms with Gasteiger partial charge in [-0.2, -0.15) is 0 Å². The third kappa shape index (κ3) is 2.53. The Morgan fingerprint density at radius 3 is 2.45 bits per heavy atom. The highest BCUT2D eigenvalue weighted by atomic mass is 32.1. The zero-order chi connectivity index (χ0) is 15.9. The van der Waals surface area contributed by atoms with Gasteiger partial charge in [-0.1, -0.05) is 29.8 Å². The number of hydrogen-bond acceptors (Lipinski definition) is 2. The van der Waals surface area contributed by atoms with Gasteiger partial charge in [0.15, 0.2) is 4.80 Å². The summed E-state index contributed by atoms with van der Waals surface area (Å²) >= 11 is 1.44. The van der Waals surface area contributed by atoms with Crippen LogP contribution in [0.2, 0.25) is 0 Å². The van der Waals surface area contributed by atoms with Gasteiger partial charge < -0.3 is 0 Å². The molecular formula is C19H18N2S. The van der Waals surface area contributed by atoms with E-state index >= 15 is 0 Å². The van der Waals surface area contributed by atoms with Crippen LogP contribution in [0.1, 0.15) is 22.3 Å². The number of aryl methyl sites for hydroxylation is 3. The van der Waals surface area contributed by atoms with Crippen LogP contribution in [0.4, 0.5) is 0 Å². The summed E-state index contributed by atoms with van der Waals surface area (Å²) < 4.78 is 2.00. The summed E-state index contributed by atoms with van der Waals surface area (Å²) in [6.45, 7) is 12.1. The Balaban J connectivity index is 2.23. The number of aromatic nitrogens is 1. The molecule has 3 rings (SSSR count). The summed E-state index contributed by atoms with van der Waals surface area (Å²) in [7, 11) is 0. The fourth-order valence-electron chi connectivity index (χ4n) is 2.65. The van der Waals surface area contributed by atoms with Crippen molar-refractivity contribution in [1.82, 2.24) is 4.57 Å². The molecule has 0 bridgehead atoms. The summed E-state index contributed by atoms with van der Waals surface area (Å²) in [5, 5.41) is 10.3. The van der Waals surface area contributed by atoms with Gasteiger partial charge in [0.25, 0.3) is 0 Å². The Bertz CT molecular complexity index is 900. The number of thiazole rings is 1. The predicted octanol–water partition coefficient (Wildman–Crippen LogP) is 4.67. The van der Waals surface area contributed by atoms with Crippen molar-refractivity contribution in [3.05, 3.63) is 75.8 Å². The molecule has 2 aromatic carbocycles. The molecule has 0 aliphatic heterocycles. The molecule has 0 aliphatic carbocycles. The van der Waals surface area contributed by atoms with Crippen molar-refractivity contribution in [1.29, 1.82) is 5.41 Å². The summed E-state index contributed by atoms with van der Waals surface area (Å²) in [5.74, 6) is 0. The van der Waals surface area contributed by atoms with Gasteiger partial charge in [-0.3, -0.25) is 9.98 Å². The maximum absolute atomic E-state index is 8.28. The molecule has 3 heteroatoms. The van der Waals surface area contributed by atoms with E-state index in [1.165, 1.54) is 22.5 Å². The second-order valence-corrected chi connectivity index (χ2v) is 6.48. The molecule has 0 aliphatic rings. The Morgan fingerprint density at radius 2 is 1.77 bits per heavy atom. The minimum Gasteiger partial charge on any atom is -0.285 e. The van der Waals surface area contributed by atoms with Crippen LogP contribution < -0.4 is 4.80 Å². The molecule has 0 saturated heterocycles. The van der Waals surface area contributed by atoms with Crippen LogP contribution in [0.3, 0.4) is 0 Å². The quantitative estimate of drug-likeness (QED) is 0.713. The largest absolute Gasteiger partial charge is 0.285 e. The lowest BCUT2D eigenvalue weighted by Gasteiger charge is -2.13.